The van der Waals surface area contributed by atoms with Gasteiger partial charge in [-0.15, -0.1) is 5.10 Å². The number of nitrogens with zero attached hydrogens (tertiary/aromatic N) is 5. The first-order valence-electron chi connectivity index (χ1n) is 12.6. The molecule has 4 aromatic rings. The van der Waals surface area contributed by atoms with Gasteiger partial charge in [0, 0.05) is 6.20 Å². The number of rotatable bonds is 5. The lowest BCUT2D eigenvalue weighted by Crippen LogP contribution is -2.38. The number of halogens is 2. The second-order valence-electron chi connectivity index (χ2n) is 11.0. The summed E-state index contributed by atoms with van der Waals surface area (Å²) in [5.41, 5.74) is 2.61. The quantitative estimate of drug-likeness (QED) is 0.385. The predicted octanol–water partition coefficient (Wildman–Crippen LogP) is 5.51. The van der Waals surface area contributed by atoms with Crippen LogP contribution in [0.2, 0.25) is 0 Å². The van der Waals surface area contributed by atoms with Crippen LogP contribution in [0, 0.1) is 23.0 Å². The van der Waals surface area contributed by atoms with Crippen molar-refractivity contribution in [3.05, 3.63) is 77.2 Å². The van der Waals surface area contributed by atoms with Crippen molar-refractivity contribution in [2.24, 2.45) is 11.3 Å². The van der Waals surface area contributed by atoms with Gasteiger partial charge >= 0.3 is 0 Å². The Kier molecular flexibility index (Phi) is 4.71. The second-order valence-corrected chi connectivity index (χ2v) is 11.0. The Hall–Kier alpha value is -3.59. The molecule has 7 nitrogen and oxygen atoms in total. The standard InChI is InChI=1S/C28H25F2N5O2/c1-27(2)16-8-9-28(27,25-15(16)10-19(34-35-25)23-17(29)4-3-5-18(23)30)22-12-31-11-20(32-22)26-33-21(13-37-26)24(36)14-6-7-14/h3-5,10-14,16,24,36H,6-9H2,1-2H3/t16-,24+,28-/m0/s1. The van der Waals surface area contributed by atoms with Crippen LogP contribution in [0.3, 0.4) is 0 Å². The monoisotopic (exact) mass is 501 g/mol. The van der Waals surface area contributed by atoms with Crippen molar-refractivity contribution in [1.29, 1.82) is 0 Å². The highest BCUT2D eigenvalue weighted by molar-refractivity contribution is 5.64. The molecule has 0 aliphatic heterocycles. The van der Waals surface area contributed by atoms with Crippen LogP contribution in [-0.4, -0.2) is 30.3 Å². The van der Waals surface area contributed by atoms with Gasteiger partial charge in [0.25, 0.3) is 0 Å². The lowest BCUT2D eigenvalue weighted by atomic mass is 9.66. The van der Waals surface area contributed by atoms with Crippen molar-refractivity contribution >= 4 is 0 Å². The summed E-state index contributed by atoms with van der Waals surface area (Å²) in [6.07, 6.45) is 7.86. The molecule has 0 spiro atoms. The summed E-state index contributed by atoms with van der Waals surface area (Å²) in [7, 11) is 0. The van der Waals surface area contributed by atoms with Crippen molar-refractivity contribution in [2.75, 3.05) is 0 Å². The lowest BCUT2D eigenvalue weighted by molar-refractivity contribution is 0.149. The van der Waals surface area contributed by atoms with E-state index in [1.807, 2.05) is 0 Å². The molecule has 0 amide bonds. The first-order chi connectivity index (χ1) is 17.8. The highest BCUT2D eigenvalue weighted by Crippen LogP contribution is 2.69. The van der Waals surface area contributed by atoms with Crippen molar-refractivity contribution < 1.29 is 18.3 Å². The molecule has 2 fully saturated rings. The largest absolute Gasteiger partial charge is 0.443 e. The van der Waals surface area contributed by atoms with Gasteiger partial charge in [-0.2, -0.15) is 5.10 Å². The predicted molar refractivity (Wildman–Crippen MR) is 129 cm³/mol. The molecule has 0 radical (unpaired) electrons. The molecule has 1 aromatic carbocycles. The van der Waals surface area contributed by atoms with Gasteiger partial charge in [0.2, 0.25) is 5.89 Å². The molecular weight excluding hydrogens is 476 g/mol. The molecule has 0 unspecified atom stereocenters. The third-order valence-corrected chi connectivity index (χ3v) is 8.79. The Morgan fingerprint density at radius 3 is 2.57 bits per heavy atom. The Morgan fingerprint density at radius 1 is 1.03 bits per heavy atom. The molecule has 37 heavy (non-hydrogen) atoms. The van der Waals surface area contributed by atoms with E-state index >= 15 is 0 Å². The molecule has 2 bridgehead atoms. The topological polar surface area (TPSA) is 97.8 Å². The fourth-order valence-electron chi connectivity index (χ4n) is 6.62. The molecule has 9 heteroatoms. The minimum Gasteiger partial charge on any atom is -0.443 e. The van der Waals surface area contributed by atoms with Crippen LogP contribution in [0.5, 0.6) is 0 Å². The molecule has 2 saturated carbocycles. The molecule has 7 rings (SSSR count). The molecule has 3 atom stereocenters. The molecule has 3 aliphatic rings. The van der Waals surface area contributed by atoms with Crippen molar-refractivity contribution in [3.8, 4) is 22.8 Å². The maximum absolute atomic E-state index is 14.5. The van der Waals surface area contributed by atoms with Crippen LogP contribution in [-0.2, 0) is 5.41 Å². The van der Waals surface area contributed by atoms with E-state index in [2.05, 4.69) is 34.0 Å². The normalized spacial score (nSPS) is 24.3. The van der Waals surface area contributed by atoms with E-state index < -0.39 is 23.2 Å². The SMILES string of the molecule is CC1(C)[C@H]2CC[C@]1(c1cncc(-c3nc([C@H](O)C4CC4)co3)n1)c1nnc(-c3c(F)cccc3F)cc12. The zero-order valence-corrected chi connectivity index (χ0v) is 20.4. The fraction of sp³-hybridized carbons (Fsp3) is 0.393. The highest BCUT2D eigenvalue weighted by atomic mass is 19.1. The number of benzene rings is 1. The summed E-state index contributed by atoms with van der Waals surface area (Å²) in [4.78, 5) is 13.9. The van der Waals surface area contributed by atoms with E-state index in [0.29, 0.717) is 17.3 Å². The molecular formula is C28H25F2N5O2. The number of oxazole rings is 1. The summed E-state index contributed by atoms with van der Waals surface area (Å²) in [5, 5.41) is 19.3. The van der Waals surface area contributed by atoms with Crippen LogP contribution < -0.4 is 0 Å². The van der Waals surface area contributed by atoms with Gasteiger partial charge in [-0.1, -0.05) is 19.9 Å². The Labute approximate surface area is 212 Å². The molecule has 0 saturated heterocycles. The maximum Gasteiger partial charge on any atom is 0.247 e. The molecule has 1 N–H and O–H groups in total. The third kappa shape index (κ3) is 3.09. The molecule has 3 heterocycles. The van der Waals surface area contributed by atoms with Gasteiger partial charge in [0.15, 0.2) is 0 Å². The maximum atomic E-state index is 14.5. The van der Waals surface area contributed by atoms with E-state index in [1.54, 1.807) is 18.5 Å². The van der Waals surface area contributed by atoms with E-state index in [-0.39, 0.29) is 28.5 Å². The van der Waals surface area contributed by atoms with Gasteiger partial charge in [-0.25, -0.2) is 18.7 Å². The van der Waals surface area contributed by atoms with Gasteiger partial charge in [-0.05, 0) is 66.7 Å². The van der Waals surface area contributed by atoms with Crippen molar-refractivity contribution in [1.82, 2.24) is 25.1 Å². The Morgan fingerprint density at radius 2 is 1.81 bits per heavy atom. The average Bonchev–Trinajstić information content (AvgIpc) is 3.51. The highest BCUT2D eigenvalue weighted by Gasteiger charge is 2.65. The number of hydrogen-bond donors (Lipinski definition) is 1. The lowest BCUT2D eigenvalue weighted by Gasteiger charge is -2.37. The van der Waals surface area contributed by atoms with E-state index in [4.69, 9.17) is 9.40 Å². The van der Waals surface area contributed by atoms with Crippen molar-refractivity contribution in [2.45, 2.75) is 57.0 Å². The summed E-state index contributed by atoms with van der Waals surface area (Å²) in [5.74, 6) is -0.660. The van der Waals surface area contributed by atoms with Gasteiger partial charge < -0.3 is 9.52 Å². The Balaban J connectivity index is 1.32. The summed E-state index contributed by atoms with van der Waals surface area (Å²) in [6, 6.07) is 5.58. The minimum absolute atomic E-state index is 0.124. The number of aliphatic hydroxyl groups is 1. The number of aromatic nitrogens is 5. The van der Waals surface area contributed by atoms with E-state index in [9.17, 15) is 13.9 Å². The Bertz CT molecular complexity index is 1530. The van der Waals surface area contributed by atoms with Gasteiger partial charge in [-0.3, -0.25) is 4.98 Å². The van der Waals surface area contributed by atoms with E-state index in [0.717, 1.165) is 42.6 Å². The first kappa shape index (κ1) is 22.6. The van der Waals surface area contributed by atoms with Crippen LogP contribution in [0.4, 0.5) is 8.78 Å². The van der Waals surface area contributed by atoms with Crippen LogP contribution in [0.1, 0.15) is 74.2 Å². The summed E-state index contributed by atoms with van der Waals surface area (Å²) in [6.45, 7) is 4.36. The zero-order valence-electron chi connectivity index (χ0n) is 20.4. The average molecular weight is 502 g/mol. The first-order valence-corrected chi connectivity index (χ1v) is 12.6. The van der Waals surface area contributed by atoms with Crippen molar-refractivity contribution in [3.63, 3.8) is 0 Å². The summed E-state index contributed by atoms with van der Waals surface area (Å²) >= 11 is 0. The summed E-state index contributed by atoms with van der Waals surface area (Å²) < 4.78 is 34.7. The molecule has 3 aliphatic carbocycles. The second kappa shape index (κ2) is 7.71. The van der Waals surface area contributed by atoms with Crippen LogP contribution in [0.15, 0.2) is 47.3 Å². The minimum atomic E-state index is -0.665. The van der Waals surface area contributed by atoms with Crippen LogP contribution >= 0.6 is 0 Å². The fourth-order valence-corrected chi connectivity index (χ4v) is 6.62. The van der Waals surface area contributed by atoms with Gasteiger partial charge in [0.1, 0.15) is 35.4 Å². The number of aliphatic hydroxyl groups excluding tert-OH is 1. The number of hydrogen-bond acceptors (Lipinski definition) is 7. The van der Waals surface area contributed by atoms with Crippen LogP contribution in [0.25, 0.3) is 22.8 Å². The molecule has 188 valence electrons. The van der Waals surface area contributed by atoms with E-state index in [1.165, 1.54) is 24.5 Å². The molecule has 3 aromatic heterocycles. The number of fused-ring (bicyclic) bond motifs is 5. The smallest absolute Gasteiger partial charge is 0.247 e. The third-order valence-electron chi connectivity index (χ3n) is 8.79. The zero-order chi connectivity index (χ0) is 25.5. The van der Waals surface area contributed by atoms with Gasteiger partial charge in [0.05, 0.1) is 34.3 Å².